The van der Waals surface area contributed by atoms with Crippen molar-refractivity contribution in [2.45, 2.75) is 40.0 Å². The number of carbonyl (C=O) groups is 1. The summed E-state index contributed by atoms with van der Waals surface area (Å²) in [5, 5.41) is 10.5. The number of H-pyrrole nitrogens is 1. The van der Waals surface area contributed by atoms with E-state index in [4.69, 9.17) is 9.84 Å². The van der Waals surface area contributed by atoms with E-state index in [9.17, 15) is 9.59 Å². The first-order valence-corrected chi connectivity index (χ1v) is 12.5. The molecule has 5 rings (SSSR count). The van der Waals surface area contributed by atoms with Crippen LogP contribution in [0.1, 0.15) is 37.7 Å². The molecule has 39 heavy (non-hydrogen) atoms. The van der Waals surface area contributed by atoms with Gasteiger partial charge in [-0.15, -0.1) is 0 Å². The van der Waals surface area contributed by atoms with Crippen LogP contribution in [0.2, 0.25) is 0 Å². The Hall–Kier alpha value is -4.99. The number of aromatic amines is 1. The highest BCUT2D eigenvalue weighted by atomic mass is 16.5. The standard InChI is InChI=1S/C29H29N7O3/c1-17-9-11-20(12-10-17)36-24(16-23(35-36)29(3,4)5)33-28(38)32-19-7-6-8-21(15-19)39-22-13-14-30-26-25(22)31-18(2)27(37)34-26/h6-16H,1-5H3,(H,30,34,37)(H2,32,33,38). The van der Waals surface area contributed by atoms with E-state index in [2.05, 4.69) is 46.4 Å². The van der Waals surface area contributed by atoms with Crippen LogP contribution in [0, 0.1) is 13.8 Å². The quantitative estimate of drug-likeness (QED) is 0.265. The molecule has 0 spiro atoms. The molecule has 0 aliphatic rings. The normalized spacial score (nSPS) is 11.4. The average molecular weight is 524 g/mol. The van der Waals surface area contributed by atoms with Crippen molar-refractivity contribution in [3.8, 4) is 17.2 Å². The fourth-order valence-corrected chi connectivity index (χ4v) is 3.90. The predicted molar refractivity (Wildman–Crippen MR) is 151 cm³/mol. The Bertz CT molecular complexity index is 1730. The van der Waals surface area contributed by atoms with Gasteiger partial charge in [0.1, 0.15) is 22.8 Å². The second kappa shape index (κ2) is 10.1. The first-order valence-electron chi connectivity index (χ1n) is 12.5. The lowest BCUT2D eigenvalue weighted by molar-refractivity contribution is 0.262. The summed E-state index contributed by atoms with van der Waals surface area (Å²) in [5.74, 6) is 1.45. The fraction of sp³-hybridized carbons (Fsp3) is 0.207. The van der Waals surface area contributed by atoms with Gasteiger partial charge in [0, 0.05) is 35.5 Å². The molecule has 5 aromatic rings. The van der Waals surface area contributed by atoms with Crippen LogP contribution in [0.25, 0.3) is 16.9 Å². The minimum Gasteiger partial charge on any atom is -0.455 e. The number of carbonyl (C=O) groups excluding carboxylic acids is 1. The molecule has 10 heteroatoms. The zero-order chi connectivity index (χ0) is 27.7. The molecule has 0 fully saturated rings. The van der Waals surface area contributed by atoms with Crippen molar-refractivity contribution in [1.29, 1.82) is 0 Å². The minimum atomic E-state index is -0.426. The highest BCUT2D eigenvalue weighted by molar-refractivity contribution is 5.99. The molecule has 3 aromatic heterocycles. The zero-order valence-corrected chi connectivity index (χ0v) is 22.4. The number of nitrogens with zero attached hydrogens (tertiary/aromatic N) is 4. The van der Waals surface area contributed by atoms with E-state index in [1.54, 1.807) is 41.9 Å². The molecule has 0 bridgehead atoms. The average Bonchev–Trinajstić information content (AvgIpc) is 3.30. The number of ether oxygens (including phenoxy) is 1. The van der Waals surface area contributed by atoms with Crippen molar-refractivity contribution in [3.63, 3.8) is 0 Å². The predicted octanol–water partition coefficient (Wildman–Crippen LogP) is 5.85. The summed E-state index contributed by atoms with van der Waals surface area (Å²) in [6, 6.07) is 18.0. The lowest BCUT2D eigenvalue weighted by Gasteiger charge is -2.14. The first kappa shape index (κ1) is 25.7. The summed E-state index contributed by atoms with van der Waals surface area (Å²) in [6.07, 6.45) is 1.53. The molecule has 0 radical (unpaired) electrons. The second-order valence-corrected chi connectivity index (χ2v) is 10.3. The lowest BCUT2D eigenvalue weighted by Crippen LogP contribution is -2.21. The number of benzene rings is 2. The number of pyridine rings is 1. The summed E-state index contributed by atoms with van der Waals surface area (Å²) in [5.41, 5.74) is 3.93. The van der Waals surface area contributed by atoms with Crippen LogP contribution in [-0.2, 0) is 5.41 Å². The molecule has 0 aliphatic heterocycles. The third-order valence-electron chi connectivity index (χ3n) is 6.04. The number of amides is 2. The summed E-state index contributed by atoms with van der Waals surface area (Å²) >= 11 is 0. The summed E-state index contributed by atoms with van der Waals surface area (Å²) in [7, 11) is 0. The van der Waals surface area contributed by atoms with Crippen molar-refractivity contribution >= 4 is 28.7 Å². The molecular weight excluding hydrogens is 494 g/mol. The number of fused-ring (bicyclic) bond motifs is 1. The Balaban J connectivity index is 1.37. The monoisotopic (exact) mass is 523 g/mol. The van der Waals surface area contributed by atoms with E-state index >= 15 is 0 Å². The van der Waals surface area contributed by atoms with Gasteiger partial charge in [0.25, 0.3) is 5.56 Å². The fourth-order valence-electron chi connectivity index (χ4n) is 3.90. The van der Waals surface area contributed by atoms with Crippen LogP contribution in [0.4, 0.5) is 16.3 Å². The number of urea groups is 1. The lowest BCUT2D eigenvalue weighted by atomic mass is 9.92. The van der Waals surface area contributed by atoms with Crippen molar-refractivity contribution in [2.75, 3.05) is 10.6 Å². The van der Waals surface area contributed by atoms with Crippen molar-refractivity contribution < 1.29 is 9.53 Å². The number of nitrogens with one attached hydrogen (secondary N) is 3. The van der Waals surface area contributed by atoms with Crippen LogP contribution >= 0.6 is 0 Å². The second-order valence-electron chi connectivity index (χ2n) is 10.3. The maximum Gasteiger partial charge on any atom is 0.324 e. The van der Waals surface area contributed by atoms with E-state index in [0.717, 1.165) is 16.9 Å². The van der Waals surface area contributed by atoms with Gasteiger partial charge in [0.05, 0.1) is 11.4 Å². The maximum atomic E-state index is 13.0. The Morgan fingerprint density at radius 2 is 1.77 bits per heavy atom. The maximum absolute atomic E-state index is 13.0. The van der Waals surface area contributed by atoms with E-state index in [1.165, 1.54) is 6.20 Å². The van der Waals surface area contributed by atoms with Gasteiger partial charge in [0.15, 0.2) is 11.4 Å². The summed E-state index contributed by atoms with van der Waals surface area (Å²) in [4.78, 5) is 36.1. The molecule has 2 aromatic carbocycles. The molecule has 0 saturated carbocycles. The number of rotatable bonds is 5. The van der Waals surface area contributed by atoms with Crippen LogP contribution in [0.3, 0.4) is 0 Å². The van der Waals surface area contributed by atoms with E-state index < -0.39 is 6.03 Å². The van der Waals surface area contributed by atoms with E-state index in [1.807, 2.05) is 37.3 Å². The molecular formula is C29H29N7O3. The SMILES string of the molecule is Cc1ccc(-n2nc(C(C)(C)C)cc2NC(=O)Nc2cccc(Oc3ccnc4[nH]c(=O)c(C)nc34)c2)cc1. The molecule has 2 amide bonds. The zero-order valence-electron chi connectivity index (χ0n) is 22.4. The Labute approximate surface area is 225 Å². The third kappa shape index (κ3) is 5.64. The molecule has 0 atom stereocenters. The van der Waals surface area contributed by atoms with E-state index in [-0.39, 0.29) is 11.0 Å². The third-order valence-corrected chi connectivity index (χ3v) is 6.04. The van der Waals surface area contributed by atoms with Gasteiger partial charge in [-0.25, -0.2) is 19.4 Å². The Kier molecular flexibility index (Phi) is 6.61. The number of hydrogen-bond acceptors (Lipinski definition) is 6. The molecule has 10 nitrogen and oxygen atoms in total. The van der Waals surface area contributed by atoms with Gasteiger partial charge in [0.2, 0.25) is 0 Å². The van der Waals surface area contributed by atoms with Gasteiger partial charge in [-0.1, -0.05) is 44.5 Å². The van der Waals surface area contributed by atoms with Gasteiger partial charge < -0.3 is 15.0 Å². The van der Waals surface area contributed by atoms with Gasteiger partial charge in [-0.2, -0.15) is 5.10 Å². The topological polar surface area (TPSA) is 127 Å². The van der Waals surface area contributed by atoms with Crippen LogP contribution < -0.4 is 20.9 Å². The molecule has 3 heterocycles. The van der Waals surface area contributed by atoms with Crippen LogP contribution in [-0.4, -0.2) is 30.8 Å². The number of aryl methyl sites for hydroxylation is 2. The molecule has 3 N–H and O–H groups in total. The number of hydrogen-bond donors (Lipinski definition) is 3. The van der Waals surface area contributed by atoms with Crippen molar-refractivity contribution in [1.82, 2.24) is 24.7 Å². The smallest absolute Gasteiger partial charge is 0.324 e. The molecule has 0 unspecified atom stereocenters. The highest BCUT2D eigenvalue weighted by Crippen LogP contribution is 2.29. The van der Waals surface area contributed by atoms with Crippen LogP contribution in [0.15, 0.2) is 71.7 Å². The van der Waals surface area contributed by atoms with Gasteiger partial charge in [-0.3, -0.25) is 10.1 Å². The molecule has 0 aliphatic carbocycles. The summed E-state index contributed by atoms with van der Waals surface area (Å²) < 4.78 is 7.77. The largest absolute Gasteiger partial charge is 0.455 e. The van der Waals surface area contributed by atoms with Crippen molar-refractivity contribution in [3.05, 3.63) is 94.2 Å². The Morgan fingerprint density at radius 1 is 1.00 bits per heavy atom. The summed E-state index contributed by atoms with van der Waals surface area (Å²) in [6.45, 7) is 9.86. The molecule has 198 valence electrons. The van der Waals surface area contributed by atoms with E-state index in [0.29, 0.717) is 39.9 Å². The molecule has 0 saturated heterocycles. The highest BCUT2D eigenvalue weighted by Gasteiger charge is 2.21. The minimum absolute atomic E-state index is 0.202. The van der Waals surface area contributed by atoms with Gasteiger partial charge >= 0.3 is 6.03 Å². The van der Waals surface area contributed by atoms with Crippen molar-refractivity contribution in [2.24, 2.45) is 0 Å². The van der Waals surface area contributed by atoms with Gasteiger partial charge in [-0.05, 0) is 38.1 Å². The Morgan fingerprint density at radius 3 is 2.51 bits per heavy atom. The first-order chi connectivity index (χ1) is 18.6. The number of anilines is 2. The number of aromatic nitrogens is 5. The van der Waals surface area contributed by atoms with Crippen LogP contribution in [0.5, 0.6) is 11.5 Å².